The zero-order chi connectivity index (χ0) is 28.7. The lowest BCUT2D eigenvalue weighted by molar-refractivity contribution is -0.140. The van der Waals surface area contributed by atoms with Gasteiger partial charge in [-0.25, -0.2) is 0 Å². The van der Waals surface area contributed by atoms with Crippen molar-refractivity contribution < 1.29 is 23.7 Å². The Morgan fingerprint density at radius 3 is 1.88 bits per heavy atom. The van der Waals surface area contributed by atoms with Gasteiger partial charge < -0.3 is 18.9 Å². The monoisotopic (exact) mass is 562 g/mol. The summed E-state index contributed by atoms with van der Waals surface area (Å²) in [7, 11) is 0. The van der Waals surface area contributed by atoms with Crippen molar-refractivity contribution in [3.05, 3.63) is 66.7 Å². The number of carbonyl (C=O) groups excluding carboxylic acids is 1. The second-order valence-electron chi connectivity index (χ2n) is 11.9. The normalized spacial score (nSPS) is 22.6. The van der Waals surface area contributed by atoms with E-state index in [1.165, 1.54) is 31.2 Å². The minimum atomic E-state index is -0.0551. The van der Waals surface area contributed by atoms with Crippen LogP contribution < -0.4 is 14.2 Å². The van der Waals surface area contributed by atoms with Crippen molar-refractivity contribution in [2.24, 2.45) is 17.8 Å². The standard InChI is InChI=1S/C36H50O5/c1-3-4-5-6-7-25-38-33-21-23-34(24-22-33)40-27-8-26-39-32-19-15-30(16-20-32)29-11-13-31(14-12-29)36(37)41-35-17-9-28(2)10-18-35/h3,9-10,17-18,21-24,29-32H,1,4-8,11-16,19-20,25-27H2,2H3. The summed E-state index contributed by atoms with van der Waals surface area (Å²) < 4.78 is 23.6. The fourth-order valence-electron chi connectivity index (χ4n) is 6.25. The van der Waals surface area contributed by atoms with Crippen LogP contribution in [0.15, 0.2) is 61.2 Å². The van der Waals surface area contributed by atoms with Crippen LogP contribution in [0.3, 0.4) is 0 Å². The molecule has 0 amide bonds. The van der Waals surface area contributed by atoms with Gasteiger partial charge in [-0.15, -0.1) is 6.58 Å². The number of carbonyl (C=O) groups is 1. The highest BCUT2D eigenvalue weighted by molar-refractivity contribution is 5.75. The molecule has 0 heterocycles. The maximum atomic E-state index is 12.6. The van der Waals surface area contributed by atoms with Gasteiger partial charge >= 0.3 is 5.97 Å². The van der Waals surface area contributed by atoms with Crippen LogP contribution in [0, 0.1) is 24.7 Å². The Kier molecular flexibility index (Phi) is 13.1. The van der Waals surface area contributed by atoms with Gasteiger partial charge in [-0.2, -0.15) is 0 Å². The molecular formula is C36H50O5. The molecule has 0 bridgehead atoms. The highest BCUT2D eigenvalue weighted by atomic mass is 16.5. The number of aryl methyl sites for hydroxylation is 1. The number of hydrogen-bond donors (Lipinski definition) is 0. The molecule has 224 valence electrons. The number of benzene rings is 2. The van der Waals surface area contributed by atoms with E-state index in [4.69, 9.17) is 18.9 Å². The number of esters is 1. The second kappa shape index (κ2) is 17.2. The largest absolute Gasteiger partial charge is 0.494 e. The first-order valence-electron chi connectivity index (χ1n) is 16.0. The van der Waals surface area contributed by atoms with Gasteiger partial charge in [0.2, 0.25) is 0 Å². The molecule has 4 rings (SSSR count). The Hall–Kier alpha value is -2.79. The maximum absolute atomic E-state index is 12.6. The van der Waals surface area contributed by atoms with Crippen LogP contribution in [0.1, 0.15) is 89.0 Å². The quantitative estimate of drug-likeness (QED) is 0.0885. The summed E-state index contributed by atoms with van der Waals surface area (Å²) in [4.78, 5) is 12.6. The van der Waals surface area contributed by atoms with Gasteiger partial charge in [-0.1, -0.05) is 23.8 Å². The minimum Gasteiger partial charge on any atom is -0.494 e. The predicted molar refractivity (Wildman–Crippen MR) is 165 cm³/mol. The number of unbranched alkanes of at least 4 members (excludes halogenated alkanes) is 3. The van der Waals surface area contributed by atoms with Crippen LogP contribution in [0.5, 0.6) is 17.2 Å². The van der Waals surface area contributed by atoms with E-state index >= 15 is 0 Å². The lowest BCUT2D eigenvalue weighted by Crippen LogP contribution is -2.31. The molecule has 2 fully saturated rings. The van der Waals surface area contributed by atoms with Gasteiger partial charge in [0.1, 0.15) is 17.2 Å². The van der Waals surface area contributed by atoms with Crippen molar-refractivity contribution in [1.82, 2.24) is 0 Å². The van der Waals surface area contributed by atoms with Crippen LogP contribution in [0.25, 0.3) is 0 Å². The molecule has 0 aliphatic heterocycles. The third kappa shape index (κ3) is 10.8. The molecule has 5 nitrogen and oxygen atoms in total. The Bertz CT molecular complexity index is 1010. The first-order valence-corrected chi connectivity index (χ1v) is 16.0. The minimum absolute atomic E-state index is 0.0446. The Morgan fingerprint density at radius 1 is 0.707 bits per heavy atom. The van der Waals surface area contributed by atoms with Gasteiger partial charge in [-0.3, -0.25) is 4.79 Å². The van der Waals surface area contributed by atoms with E-state index in [1.54, 1.807) is 0 Å². The third-order valence-corrected chi connectivity index (χ3v) is 8.79. The number of ether oxygens (including phenoxy) is 4. The first kappa shape index (κ1) is 31.2. The number of rotatable bonds is 16. The van der Waals surface area contributed by atoms with E-state index in [2.05, 4.69) is 6.58 Å². The van der Waals surface area contributed by atoms with Crippen LogP contribution in [-0.2, 0) is 9.53 Å². The smallest absolute Gasteiger partial charge is 0.314 e. The molecule has 0 saturated heterocycles. The summed E-state index contributed by atoms with van der Waals surface area (Å²) in [6.45, 7) is 7.96. The lowest BCUT2D eigenvalue weighted by Gasteiger charge is -2.37. The average Bonchev–Trinajstić information content (AvgIpc) is 3.01. The fourth-order valence-corrected chi connectivity index (χ4v) is 6.25. The molecule has 0 N–H and O–H groups in total. The molecule has 2 aromatic carbocycles. The molecule has 0 atom stereocenters. The van der Waals surface area contributed by atoms with Gasteiger partial charge in [0.25, 0.3) is 0 Å². The summed E-state index contributed by atoms with van der Waals surface area (Å²) in [5.41, 5.74) is 1.17. The first-order chi connectivity index (χ1) is 20.1. The van der Waals surface area contributed by atoms with E-state index < -0.39 is 0 Å². The molecule has 2 aliphatic carbocycles. The van der Waals surface area contributed by atoms with Gasteiger partial charge in [0.05, 0.1) is 31.8 Å². The Morgan fingerprint density at radius 2 is 1.27 bits per heavy atom. The predicted octanol–water partition coefficient (Wildman–Crippen LogP) is 8.88. The van der Waals surface area contributed by atoms with E-state index in [0.717, 1.165) is 94.3 Å². The van der Waals surface area contributed by atoms with E-state index in [-0.39, 0.29) is 11.9 Å². The summed E-state index contributed by atoms with van der Waals surface area (Å²) >= 11 is 0. The number of allylic oxidation sites excluding steroid dienone is 1. The van der Waals surface area contributed by atoms with Crippen molar-refractivity contribution in [2.45, 2.75) is 96.5 Å². The van der Waals surface area contributed by atoms with E-state index in [1.807, 2.05) is 61.5 Å². The highest BCUT2D eigenvalue weighted by Gasteiger charge is 2.33. The van der Waals surface area contributed by atoms with Crippen molar-refractivity contribution >= 4 is 5.97 Å². The summed E-state index contributed by atoms with van der Waals surface area (Å²) in [5.74, 6) is 3.94. The summed E-state index contributed by atoms with van der Waals surface area (Å²) in [6.07, 6.45) is 16.7. The summed E-state index contributed by atoms with van der Waals surface area (Å²) in [5, 5.41) is 0. The molecule has 2 aromatic rings. The molecule has 5 heteroatoms. The van der Waals surface area contributed by atoms with Crippen molar-refractivity contribution in [3.63, 3.8) is 0 Å². The van der Waals surface area contributed by atoms with Crippen molar-refractivity contribution in [2.75, 3.05) is 19.8 Å². The van der Waals surface area contributed by atoms with Crippen molar-refractivity contribution in [1.29, 1.82) is 0 Å². The molecule has 0 unspecified atom stereocenters. The summed E-state index contributed by atoms with van der Waals surface area (Å²) in [6, 6.07) is 15.7. The van der Waals surface area contributed by atoms with Crippen LogP contribution in [0.2, 0.25) is 0 Å². The molecule has 2 aliphatic rings. The fraction of sp³-hybridized carbons (Fsp3) is 0.583. The molecule has 0 aromatic heterocycles. The Labute approximate surface area is 247 Å². The third-order valence-electron chi connectivity index (χ3n) is 8.79. The van der Waals surface area contributed by atoms with Gasteiger partial charge in [0.15, 0.2) is 0 Å². The molecule has 0 radical (unpaired) electrons. The highest BCUT2D eigenvalue weighted by Crippen LogP contribution is 2.41. The van der Waals surface area contributed by atoms with Gasteiger partial charge in [-0.05, 0) is 132 Å². The second-order valence-corrected chi connectivity index (χ2v) is 11.9. The van der Waals surface area contributed by atoms with Crippen molar-refractivity contribution in [3.8, 4) is 17.2 Å². The van der Waals surface area contributed by atoms with Crippen LogP contribution >= 0.6 is 0 Å². The van der Waals surface area contributed by atoms with Gasteiger partial charge in [0, 0.05) is 6.42 Å². The molecule has 41 heavy (non-hydrogen) atoms. The number of hydrogen-bond acceptors (Lipinski definition) is 5. The zero-order valence-corrected chi connectivity index (χ0v) is 25.1. The average molecular weight is 563 g/mol. The lowest BCUT2D eigenvalue weighted by atomic mass is 9.70. The molecule has 2 saturated carbocycles. The van der Waals surface area contributed by atoms with E-state index in [0.29, 0.717) is 18.5 Å². The maximum Gasteiger partial charge on any atom is 0.314 e. The molecular weight excluding hydrogens is 512 g/mol. The Balaban J connectivity index is 1.02. The van der Waals surface area contributed by atoms with Crippen LogP contribution in [-0.4, -0.2) is 31.9 Å². The topological polar surface area (TPSA) is 54.0 Å². The van der Waals surface area contributed by atoms with E-state index in [9.17, 15) is 4.79 Å². The molecule has 0 spiro atoms. The van der Waals surface area contributed by atoms with Crippen LogP contribution in [0.4, 0.5) is 0 Å². The SMILES string of the molecule is C=CCCCCCOc1ccc(OCCCOC2CCC(C3CCC(C(=O)Oc4ccc(C)cc4)CC3)CC2)cc1. The zero-order valence-electron chi connectivity index (χ0n) is 25.1.